The van der Waals surface area contributed by atoms with Crippen LogP contribution in [0.15, 0.2) is 52.9 Å². The van der Waals surface area contributed by atoms with Crippen molar-refractivity contribution >= 4 is 56.8 Å². The zero-order valence-electron chi connectivity index (χ0n) is 14.0. The van der Waals surface area contributed by atoms with Gasteiger partial charge in [0.2, 0.25) is 5.91 Å². The lowest BCUT2D eigenvalue weighted by Gasteiger charge is -2.06. The van der Waals surface area contributed by atoms with Crippen molar-refractivity contribution in [3.8, 4) is 0 Å². The number of esters is 1. The molecule has 1 heterocycles. The number of hydrogen-bond acceptors (Lipinski definition) is 7. The Balaban J connectivity index is 1.42. The molecule has 0 atom stereocenters. The van der Waals surface area contributed by atoms with Crippen LogP contribution in [0.3, 0.4) is 0 Å². The van der Waals surface area contributed by atoms with E-state index in [1.54, 1.807) is 12.1 Å². The summed E-state index contributed by atoms with van der Waals surface area (Å²) in [5, 5.41) is 2.57. The molecule has 9 heteroatoms. The second-order valence-electron chi connectivity index (χ2n) is 5.39. The Labute approximate surface area is 162 Å². The normalized spacial score (nSPS) is 10.5. The fourth-order valence-electron chi connectivity index (χ4n) is 2.14. The van der Waals surface area contributed by atoms with E-state index in [2.05, 4.69) is 10.3 Å². The number of nitrogens with zero attached hydrogens (tertiary/aromatic N) is 1. The first-order chi connectivity index (χ1) is 13.0. The van der Waals surface area contributed by atoms with Gasteiger partial charge in [-0.2, -0.15) is 0 Å². The van der Waals surface area contributed by atoms with Crippen LogP contribution in [0.25, 0.3) is 10.2 Å². The average Bonchev–Trinajstić information content (AvgIpc) is 3.08. The van der Waals surface area contributed by atoms with Gasteiger partial charge in [-0.15, -0.1) is 11.3 Å². The van der Waals surface area contributed by atoms with Crippen molar-refractivity contribution < 1.29 is 19.1 Å². The van der Waals surface area contributed by atoms with Crippen LogP contribution in [0.2, 0.25) is 0 Å². The lowest BCUT2D eigenvalue weighted by Crippen LogP contribution is -2.21. The summed E-state index contributed by atoms with van der Waals surface area (Å²) in [7, 11) is 0. The molecule has 0 bridgehead atoms. The molecule has 0 fully saturated rings. The van der Waals surface area contributed by atoms with E-state index in [0.29, 0.717) is 11.3 Å². The third-order valence-electron chi connectivity index (χ3n) is 3.41. The minimum absolute atomic E-state index is 0.0699. The maximum Gasteiger partial charge on any atom is 0.316 e. The number of ether oxygens (including phenoxy) is 1. The van der Waals surface area contributed by atoms with Gasteiger partial charge in [-0.3, -0.25) is 14.4 Å². The molecule has 2 amide bonds. The summed E-state index contributed by atoms with van der Waals surface area (Å²) >= 11 is 2.77. The molecule has 1 aromatic heterocycles. The molecule has 3 aromatic rings. The van der Waals surface area contributed by atoms with Crippen molar-refractivity contribution in [2.24, 2.45) is 5.73 Å². The molecule has 3 rings (SSSR count). The van der Waals surface area contributed by atoms with Crippen LogP contribution in [0.1, 0.15) is 10.4 Å². The smallest absolute Gasteiger partial charge is 0.316 e. The summed E-state index contributed by atoms with van der Waals surface area (Å²) in [6.07, 6.45) is 0. The number of carbonyl (C=O) groups excluding carboxylic acids is 3. The lowest BCUT2D eigenvalue weighted by molar-refractivity contribution is -0.144. The largest absolute Gasteiger partial charge is 0.455 e. The topological polar surface area (TPSA) is 111 Å². The van der Waals surface area contributed by atoms with Crippen molar-refractivity contribution in [1.29, 1.82) is 0 Å². The Morgan fingerprint density at radius 3 is 2.56 bits per heavy atom. The van der Waals surface area contributed by atoms with Gasteiger partial charge in [0, 0.05) is 11.3 Å². The van der Waals surface area contributed by atoms with E-state index < -0.39 is 24.4 Å². The first kappa shape index (κ1) is 18.9. The van der Waals surface area contributed by atoms with Crippen LogP contribution in [0.5, 0.6) is 0 Å². The molecule has 3 N–H and O–H groups in total. The average molecular weight is 401 g/mol. The Hall–Kier alpha value is -2.91. The van der Waals surface area contributed by atoms with Crippen LogP contribution < -0.4 is 11.1 Å². The zero-order chi connectivity index (χ0) is 19.2. The molecule has 27 heavy (non-hydrogen) atoms. The molecule has 0 aliphatic carbocycles. The lowest BCUT2D eigenvalue weighted by atomic mass is 10.2. The standard InChI is InChI=1S/C18H15N3O4S2/c19-17(24)11-5-7-12(8-6-11)20-15(22)9-25-16(23)10-26-18-21-13-3-1-2-4-14(13)27-18/h1-8H,9-10H2,(H2,19,24)(H,20,22). The first-order valence-corrected chi connectivity index (χ1v) is 9.65. The van der Waals surface area contributed by atoms with E-state index in [1.165, 1.54) is 35.2 Å². The highest BCUT2D eigenvalue weighted by Crippen LogP contribution is 2.29. The fraction of sp³-hybridized carbons (Fsp3) is 0.111. The van der Waals surface area contributed by atoms with Gasteiger partial charge < -0.3 is 15.8 Å². The van der Waals surface area contributed by atoms with Crippen LogP contribution in [-0.4, -0.2) is 35.1 Å². The van der Waals surface area contributed by atoms with Crippen molar-refractivity contribution in [2.75, 3.05) is 17.7 Å². The number of carbonyl (C=O) groups is 3. The summed E-state index contributed by atoms with van der Waals surface area (Å²) in [6, 6.07) is 13.8. The van der Waals surface area contributed by atoms with Crippen molar-refractivity contribution in [2.45, 2.75) is 4.34 Å². The number of thioether (sulfide) groups is 1. The van der Waals surface area contributed by atoms with Crippen molar-refractivity contribution in [3.63, 3.8) is 0 Å². The predicted octanol–water partition coefficient (Wildman–Crippen LogP) is 2.67. The SMILES string of the molecule is NC(=O)c1ccc(NC(=O)COC(=O)CSc2nc3ccccc3s2)cc1. The van der Waals surface area contributed by atoms with Gasteiger partial charge in [-0.1, -0.05) is 23.9 Å². The molecule has 0 aliphatic rings. The first-order valence-electron chi connectivity index (χ1n) is 7.85. The second kappa shape index (κ2) is 8.65. The number of primary amides is 1. The quantitative estimate of drug-likeness (QED) is 0.465. The van der Waals surface area contributed by atoms with Gasteiger partial charge in [-0.25, -0.2) is 4.98 Å². The Bertz CT molecular complexity index is 953. The van der Waals surface area contributed by atoms with E-state index in [9.17, 15) is 14.4 Å². The molecule has 0 radical (unpaired) electrons. The van der Waals surface area contributed by atoms with E-state index >= 15 is 0 Å². The monoisotopic (exact) mass is 401 g/mol. The summed E-state index contributed by atoms with van der Waals surface area (Å²) < 4.78 is 6.79. The van der Waals surface area contributed by atoms with E-state index in [1.807, 2.05) is 24.3 Å². The minimum Gasteiger partial charge on any atom is -0.455 e. The third-order valence-corrected chi connectivity index (χ3v) is 5.56. The molecule has 2 aromatic carbocycles. The highest BCUT2D eigenvalue weighted by Gasteiger charge is 2.11. The maximum atomic E-state index is 11.8. The van der Waals surface area contributed by atoms with Crippen LogP contribution >= 0.6 is 23.1 Å². The summed E-state index contributed by atoms with van der Waals surface area (Å²) in [6.45, 7) is -0.392. The molecule has 0 saturated heterocycles. The number of amides is 2. The number of rotatable bonds is 7. The van der Waals surface area contributed by atoms with Gasteiger partial charge >= 0.3 is 5.97 Å². The number of aromatic nitrogens is 1. The number of hydrogen-bond donors (Lipinski definition) is 2. The number of fused-ring (bicyclic) bond motifs is 1. The number of nitrogens with two attached hydrogens (primary N) is 1. The Morgan fingerprint density at radius 1 is 1.11 bits per heavy atom. The van der Waals surface area contributed by atoms with Crippen molar-refractivity contribution in [1.82, 2.24) is 4.98 Å². The minimum atomic E-state index is -0.549. The van der Waals surface area contributed by atoms with Gasteiger partial charge in [0.25, 0.3) is 5.91 Å². The Morgan fingerprint density at radius 2 is 1.85 bits per heavy atom. The van der Waals surface area contributed by atoms with Crippen LogP contribution in [0.4, 0.5) is 5.69 Å². The van der Waals surface area contributed by atoms with Gasteiger partial charge in [-0.05, 0) is 36.4 Å². The Kier molecular flexibility index (Phi) is 6.05. The number of nitrogens with one attached hydrogen (secondary N) is 1. The van der Waals surface area contributed by atoms with Gasteiger partial charge in [0.1, 0.15) is 0 Å². The van der Waals surface area contributed by atoms with Crippen LogP contribution in [0, 0.1) is 0 Å². The molecule has 0 unspecified atom stereocenters. The second-order valence-corrected chi connectivity index (χ2v) is 7.64. The molecule has 0 spiro atoms. The zero-order valence-corrected chi connectivity index (χ0v) is 15.6. The van der Waals surface area contributed by atoms with Gasteiger partial charge in [0.15, 0.2) is 10.9 Å². The van der Waals surface area contributed by atoms with E-state index in [4.69, 9.17) is 10.5 Å². The fourth-order valence-corrected chi connectivity index (χ4v) is 4.00. The molecular weight excluding hydrogens is 386 g/mol. The number of para-hydroxylation sites is 1. The highest BCUT2D eigenvalue weighted by atomic mass is 32.2. The molecule has 7 nitrogen and oxygen atoms in total. The maximum absolute atomic E-state index is 11.8. The number of anilines is 1. The summed E-state index contributed by atoms with van der Waals surface area (Å²) in [5.74, 6) is -1.45. The third kappa shape index (κ3) is 5.28. The predicted molar refractivity (Wildman–Crippen MR) is 105 cm³/mol. The molecular formula is C18H15N3O4S2. The van der Waals surface area contributed by atoms with Crippen molar-refractivity contribution in [3.05, 3.63) is 54.1 Å². The number of thiazole rings is 1. The van der Waals surface area contributed by atoms with E-state index in [-0.39, 0.29) is 5.75 Å². The van der Waals surface area contributed by atoms with Crippen LogP contribution in [-0.2, 0) is 14.3 Å². The van der Waals surface area contributed by atoms with E-state index in [0.717, 1.165) is 14.6 Å². The summed E-state index contributed by atoms with van der Waals surface area (Å²) in [5.41, 5.74) is 6.85. The highest BCUT2D eigenvalue weighted by molar-refractivity contribution is 8.01. The molecule has 0 saturated carbocycles. The molecule has 138 valence electrons. The summed E-state index contributed by atoms with van der Waals surface area (Å²) in [4.78, 5) is 39.1. The van der Waals surface area contributed by atoms with Gasteiger partial charge in [0.05, 0.1) is 16.0 Å². The molecule has 0 aliphatic heterocycles. The number of benzene rings is 2.